The predicted molar refractivity (Wildman–Crippen MR) is 75.4 cm³/mol. The number of carbonyl (C=O) groups excluding carboxylic acids is 1. The van der Waals surface area contributed by atoms with Gasteiger partial charge in [-0.15, -0.1) is 0 Å². The van der Waals surface area contributed by atoms with E-state index in [0.717, 1.165) is 12.5 Å². The van der Waals surface area contributed by atoms with E-state index in [9.17, 15) is 4.79 Å². The molecule has 1 saturated carbocycles. The van der Waals surface area contributed by atoms with Crippen LogP contribution in [0.4, 0.5) is 4.79 Å². The summed E-state index contributed by atoms with van der Waals surface area (Å²) in [5, 5.41) is 6.10. The molecule has 0 aromatic heterocycles. The highest BCUT2D eigenvalue weighted by Gasteiger charge is 2.31. The standard InChI is InChI=1S/C14H29N3O/c1-4-14(2,3)11-5-7-12(8-6-11)16-9-10-17-13(15)18/h11-12,16H,4-10H2,1-3H3,(H3,15,17,18). The first kappa shape index (κ1) is 15.3. The van der Waals surface area contributed by atoms with Crippen LogP contribution >= 0.6 is 0 Å². The largest absolute Gasteiger partial charge is 0.352 e. The van der Waals surface area contributed by atoms with Crippen molar-refractivity contribution in [1.82, 2.24) is 10.6 Å². The van der Waals surface area contributed by atoms with Crippen LogP contribution in [-0.2, 0) is 0 Å². The Morgan fingerprint density at radius 3 is 2.33 bits per heavy atom. The van der Waals surface area contributed by atoms with E-state index in [0.29, 0.717) is 18.0 Å². The molecule has 1 aliphatic carbocycles. The van der Waals surface area contributed by atoms with Crippen LogP contribution in [0, 0.1) is 11.3 Å². The van der Waals surface area contributed by atoms with Gasteiger partial charge in [-0.1, -0.05) is 27.2 Å². The van der Waals surface area contributed by atoms with Gasteiger partial charge in [0.2, 0.25) is 0 Å². The summed E-state index contributed by atoms with van der Waals surface area (Å²) in [5.41, 5.74) is 5.50. The molecule has 0 bridgehead atoms. The van der Waals surface area contributed by atoms with Crippen LogP contribution < -0.4 is 16.4 Å². The second-order valence-electron chi connectivity index (χ2n) is 6.14. The maximum Gasteiger partial charge on any atom is 0.312 e. The SMILES string of the molecule is CCC(C)(C)C1CCC(NCCNC(N)=O)CC1. The van der Waals surface area contributed by atoms with Gasteiger partial charge in [-0.3, -0.25) is 0 Å². The number of amides is 2. The Labute approximate surface area is 111 Å². The van der Waals surface area contributed by atoms with Crippen molar-refractivity contribution < 1.29 is 4.79 Å². The maximum atomic E-state index is 10.5. The molecule has 18 heavy (non-hydrogen) atoms. The quantitative estimate of drug-likeness (QED) is 0.637. The fourth-order valence-corrected chi connectivity index (χ4v) is 2.83. The van der Waals surface area contributed by atoms with Crippen molar-refractivity contribution in [3.63, 3.8) is 0 Å². The fraction of sp³-hybridized carbons (Fsp3) is 0.929. The molecule has 4 nitrogen and oxygen atoms in total. The van der Waals surface area contributed by atoms with Gasteiger partial charge in [0.1, 0.15) is 0 Å². The van der Waals surface area contributed by atoms with Crippen molar-refractivity contribution in [2.45, 2.75) is 58.9 Å². The van der Waals surface area contributed by atoms with Crippen molar-refractivity contribution in [3.8, 4) is 0 Å². The molecular formula is C14H29N3O. The third-order valence-electron chi connectivity index (χ3n) is 4.60. The molecule has 0 saturated heterocycles. The molecule has 0 radical (unpaired) electrons. The summed E-state index contributed by atoms with van der Waals surface area (Å²) in [6.07, 6.45) is 6.41. The van der Waals surface area contributed by atoms with Gasteiger partial charge in [0.15, 0.2) is 0 Å². The van der Waals surface area contributed by atoms with Gasteiger partial charge in [0.05, 0.1) is 0 Å². The highest BCUT2D eigenvalue weighted by atomic mass is 16.2. The second kappa shape index (κ2) is 6.98. The zero-order chi connectivity index (χ0) is 13.6. The monoisotopic (exact) mass is 255 g/mol. The minimum Gasteiger partial charge on any atom is -0.352 e. The van der Waals surface area contributed by atoms with Crippen LogP contribution in [0.25, 0.3) is 0 Å². The second-order valence-corrected chi connectivity index (χ2v) is 6.14. The molecule has 106 valence electrons. The number of nitrogens with two attached hydrogens (primary N) is 1. The van der Waals surface area contributed by atoms with Crippen LogP contribution in [0.2, 0.25) is 0 Å². The van der Waals surface area contributed by atoms with Crippen LogP contribution in [0.15, 0.2) is 0 Å². The Morgan fingerprint density at radius 2 is 1.83 bits per heavy atom. The molecule has 4 heteroatoms. The summed E-state index contributed by atoms with van der Waals surface area (Å²) in [5.74, 6) is 0.865. The minimum atomic E-state index is -0.440. The third kappa shape index (κ3) is 4.84. The van der Waals surface area contributed by atoms with Gasteiger partial charge >= 0.3 is 6.03 Å². The number of hydrogen-bond donors (Lipinski definition) is 3. The molecule has 1 aliphatic rings. The van der Waals surface area contributed by atoms with Crippen LogP contribution in [-0.4, -0.2) is 25.2 Å². The number of rotatable bonds is 6. The lowest BCUT2D eigenvalue weighted by Crippen LogP contribution is -2.41. The van der Waals surface area contributed by atoms with E-state index in [1.165, 1.54) is 32.1 Å². The van der Waals surface area contributed by atoms with E-state index in [4.69, 9.17) is 5.73 Å². The molecule has 0 atom stereocenters. The van der Waals surface area contributed by atoms with Gasteiger partial charge in [-0.25, -0.2) is 4.79 Å². The van der Waals surface area contributed by atoms with Gasteiger partial charge in [0, 0.05) is 19.1 Å². The Hall–Kier alpha value is -0.770. The highest BCUT2D eigenvalue weighted by molar-refractivity contribution is 5.71. The van der Waals surface area contributed by atoms with Gasteiger partial charge in [-0.05, 0) is 37.0 Å². The number of urea groups is 1. The first-order chi connectivity index (χ1) is 8.45. The number of primary amides is 1. The molecule has 1 rings (SSSR count). The predicted octanol–water partition coefficient (Wildman–Crippen LogP) is 2.24. The van der Waals surface area contributed by atoms with Crippen molar-refractivity contribution in [2.24, 2.45) is 17.1 Å². The lowest BCUT2D eigenvalue weighted by atomic mass is 9.69. The van der Waals surface area contributed by atoms with E-state index in [-0.39, 0.29) is 0 Å². The third-order valence-corrected chi connectivity index (χ3v) is 4.60. The van der Waals surface area contributed by atoms with E-state index in [1.54, 1.807) is 0 Å². The summed E-state index contributed by atoms with van der Waals surface area (Å²) in [6, 6.07) is 0.175. The van der Waals surface area contributed by atoms with Crippen molar-refractivity contribution in [1.29, 1.82) is 0 Å². The smallest absolute Gasteiger partial charge is 0.312 e. The normalized spacial score (nSPS) is 24.8. The number of carbonyl (C=O) groups is 1. The average molecular weight is 255 g/mol. The lowest BCUT2D eigenvalue weighted by molar-refractivity contribution is 0.137. The van der Waals surface area contributed by atoms with Gasteiger partial charge in [0.25, 0.3) is 0 Å². The Balaban J connectivity index is 2.17. The van der Waals surface area contributed by atoms with Crippen molar-refractivity contribution in [2.75, 3.05) is 13.1 Å². The summed E-state index contributed by atoms with van der Waals surface area (Å²) in [4.78, 5) is 10.5. The van der Waals surface area contributed by atoms with Crippen molar-refractivity contribution in [3.05, 3.63) is 0 Å². The first-order valence-electron chi connectivity index (χ1n) is 7.22. The lowest BCUT2D eigenvalue weighted by Gasteiger charge is -2.39. The molecular weight excluding hydrogens is 226 g/mol. The summed E-state index contributed by atoms with van der Waals surface area (Å²) < 4.78 is 0. The van der Waals surface area contributed by atoms with Crippen molar-refractivity contribution >= 4 is 6.03 Å². The summed E-state index contributed by atoms with van der Waals surface area (Å²) in [6.45, 7) is 8.51. The van der Waals surface area contributed by atoms with Crippen LogP contribution in [0.1, 0.15) is 52.9 Å². The molecule has 0 spiro atoms. The highest BCUT2D eigenvalue weighted by Crippen LogP contribution is 2.40. The molecule has 0 aliphatic heterocycles. The Bertz CT molecular complexity index is 258. The maximum absolute atomic E-state index is 10.5. The minimum absolute atomic E-state index is 0.440. The van der Waals surface area contributed by atoms with E-state index in [1.807, 2.05) is 0 Å². The number of hydrogen-bond acceptors (Lipinski definition) is 2. The van der Waals surface area contributed by atoms with E-state index < -0.39 is 6.03 Å². The average Bonchev–Trinajstić information content (AvgIpc) is 2.35. The zero-order valence-corrected chi connectivity index (χ0v) is 12.1. The van der Waals surface area contributed by atoms with Gasteiger partial charge in [-0.2, -0.15) is 0 Å². The first-order valence-corrected chi connectivity index (χ1v) is 7.22. The molecule has 4 N–H and O–H groups in total. The van der Waals surface area contributed by atoms with Crippen LogP contribution in [0.3, 0.4) is 0 Å². The van der Waals surface area contributed by atoms with E-state index in [2.05, 4.69) is 31.4 Å². The Kier molecular flexibility index (Phi) is 5.93. The number of nitrogens with one attached hydrogen (secondary N) is 2. The molecule has 0 aromatic carbocycles. The fourth-order valence-electron chi connectivity index (χ4n) is 2.83. The van der Waals surface area contributed by atoms with Crippen LogP contribution in [0.5, 0.6) is 0 Å². The topological polar surface area (TPSA) is 67.2 Å². The summed E-state index contributed by atoms with van der Waals surface area (Å²) >= 11 is 0. The van der Waals surface area contributed by atoms with Gasteiger partial charge < -0.3 is 16.4 Å². The molecule has 0 heterocycles. The molecule has 2 amide bonds. The summed E-state index contributed by atoms with van der Waals surface area (Å²) in [7, 11) is 0. The molecule has 0 unspecified atom stereocenters. The molecule has 1 fully saturated rings. The molecule has 0 aromatic rings. The Morgan fingerprint density at radius 1 is 1.22 bits per heavy atom. The zero-order valence-electron chi connectivity index (χ0n) is 12.1. The van der Waals surface area contributed by atoms with E-state index >= 15 is 0 Å².